The maximum Gasteiger partial charge on any atom is 0.0564 e. The van der Waals surface area contributed by atoms with Crippen LogP contribution in [0.2, 0.25) is 0 Å². The first kappa shape index (κ1) is 8.48. The number of likely N-dealkylation sites (tertiary alicyclic amines) is 1. The molecule has 2 N–H and O–H groups in total. The maximum absolute atomic E-state index is 3.61. The highest BCUT2D eigenvalue weighted by molar-refractivity contribution is 5.06. The van der Waals surface area contributed by atoms with Crippen molar-refractivity contribution in [3.05, 3.63) is 0 Å². The molecule has 0 aromatic rings. The quantitative estimate of drug-likeness (QED) is 0.561. The van der Waals surface area contributed by atoms with Gasteiger partial charge < -0.3 is 10.6 Å². The molecule has 2 fully saturated rings. The number of nitrogens with zero attached hydrogens (tertiary/aromatic N) is 1. The standard InChI is InChI=1S/C9H19N3/c1-8(2)12-6-9(7-12)5-10-3-4-11-9/h8,10-11H,3-7H2,1-2H3. The normalized spacial score (nSPS) is 29.2. The Morgan fingerprint density at radius 2 is 2.00 bits per heavy atom. The van der Waals surface area contributed by atoms with Gasteiger partial charge in [-0.1, -0.05) is 0 Å². The molecular weight excluding hydrogens is 150 g/mol. The van der Waals surface area contributed by atoms with Gasteiger partial charge >= 0.3 is 0 Å². The minimum Gasteiger partial charge on any atom is -0.314 e. The van der Waals surface area contributed by atoms with Crippen molar-refractivity contribution in [1.82, 2.24) is 15.5 Å². The molecule has 0 radical (unpaired) electrons. The fourth-order valence-corrected chi connectivity index (χ4v) is 2.13. The Morgan fingerprint density at radius 3 is 2.50 bits per heavy atom. The molecule has 0 aromatic carbocycles. The molecule has 0 aliphatic carbocycles. The highest BCUT2D eigenvalue weighted by atomic mass is 15.3. The molecule has 0 amide bonds. The summed E-state index contributed by atoms with van der Waals surface area (Å²) >= 11 is 0. The Labute approximate surface area is 74.5 Å². The number of hydrogen-bond acceptors (Lipinski definition) is 3. The van der Waals surface area contributed by atoms with E-state index in [9.17, 15) is 0 Å². The van der Waals surface area contributed by atoms with Crippen molar-refractivity contribution in [2.24, 2.45) is 0 Å². The number of piperazine rings is 1. The van der Waals surface area contributed by atoms with Gasteiger partial charge in [-0.15, -0.1) is 0 Å². The van der Waals surface area contributed by atoms with Crippen LogP contribution in [0.5, 0.6) is 0 Å². The fraction of sp³-hybridized carbons (Fsp3) is 1.00. The van der Waals surface area contributed by atoms with Crippen LogP contribution in [-0.4, -0.2) is 49.2 Å². The zero-order valence-corrected chi connectivity index (χ0v) is 8.06. The van der Waals surface area contributed by atoms with Crippen molar-refractivity contribution >= 4 is 0 Å². The van der Waals surface area contributed by atoms with Crippen LogP contribution in [0.25, 0.3) is 0 Å². The van der Waals surface area contributed by atoms with E-state index in [1.807, 2.05) is 0 Å². The monoisotopic (exact) mass is 169 g/mol. The van der Waals surface area contributed by atoms with Gasteiger partial charge in [0.15, 0.2) is 0 Å². The van der Waals surface area contributed by atoms with E-state index in [4.69, 9.17) is 0 Å². The van der Waals surface area contributed by atoms with Gasteiger partial charge in [-0.25, -0.2) is 0 Å². The van der Waals surface area contributed by atoms with Crippen molar-refractivity contribution in [3.63, 3.8) is 0 Å². The molecule has 3 nitrogen and oxygen atoms in total. The molecule has 0 bridgehead atoms. The van der Waals surface area contributed by atoms with E-state index in [0.29, 0.717) is 11.6 Å². The van der Waals surface area contributed by atoms with E-state index < -0.39 is 0 Å². The number of rotatable bonds is 1. The van der Waals surface area contributed by atoms with Gasteiger partial charge in [-0.2, -0.15) is 0 Å². The SMILES string of the molecule is CC(C)N1CC2(CNCCN2)C1. The minimum atomic E-state index is 0.419. The largest absolute Gasteiger partial charge is 0.314 e. The van der Waals surface area contributed by atoms with E-state index in [-0.39, 0.29) is 0 Å². The van der Waals surface area contributed by atoms with Crippen LogP contribution in [0, 0.1) is 0 Å². The Morgan fingerprint density at radius 1 is 1.25 bits per heavy atom. The van der Waals surface area contributed by atoms with E-state index in [0.717, 1.165) is 19.6 Å². The molecule has 70 valence electrons. The lowest BCUT2D eigenvalue weighted by atomic mass is 9.87. The third-order valence-electron chi connectivity index (χ3n) is 3.01. The number of hydrogen-bond donors (Lipinski definition) is 2. The van der Waals surface area contributed by atoms with Crippen molar-refractivity contribution in [1.29, 1.82) is 0 Å². The Kier molecular flexibility index (Phi) is 2.10. The predicted molar refractivity (Wildman–Crippen MR) is 50.3 cm³/mol. The molecule has 0 unspecified atom stereocenters. The zero-order valence-electron chi connectivity index (χ0n) is 8.06. The Hall–Kier alpha value is -0.120. The van der Waals surface area contributed by atoms with Crippen LogP contribution in [0.1, 0.15) is 13.8 Å². The van der Waals surface area contributed by atoms with E-state index in [1.165, 1.54) is 13.1 Å². The van der Waals surface area contributed by atoms with E-state index >= 15 is 0 Å². The van der Waals surface area contributed by atoms with Crippen LogP contribution < -0.4 is 10.6 Å². The Balaban J connectivity index is 1.84. The lowest BCUT2D eigenvalue weighted by Gasteiger charge is -2.54. The van der Waals surface area contributed by atoms with Crippen molar-refractivity contribution in [2.45, 2.75) is 25.4 Å². The molecule has 1 spiro atoms. The highest BCUT2D eigenvalue weighted by Crippen LogP contribution is 2.23. The van der Waals surface area contributed by atoms with Crippen LogP contribution in [0.4, 0.5) is 0 Å². The zero-order chi connectivity index (χ0) is 8.60. The van der Waals surface area contributed by atoms with E-state index in [2.05, 4.69) is 29.4 Å². The molecule has 0 aromatic heterocycles. The topological polar surface area (TPSA) is 27.3 Å². The maximum atomic E-state index is 3.61. The molecule has 2 rings (SSSR count). The lowest BCUT2D eigenvalue weighted by Crippen LogP contribution is -2.76. The van der Waals surface area contributed by atoms with Crippen LogP contribution >= 0.6 is 0 Å². The van der Waals surface area contributed by atoms with Gasteiger partial charge in [0, 0.05) is 38.8 Å². The fourth-order valence-electron chi connectivity index (χ4n) is 2.13. The third-order valence-corrected chi connectivity index (χ3v) is 3.01. The Bertz CT molecular complexity index is 153. The van der Waals surface area contributed by atoms with Gasteiger partial charge in [0.25, 0.3) is 0 Å². The summed E-state index contributed by atoms with van der Waals surface area (Å²) in [6, 6.07) is 0.708. The molecule has 12 heavy (non-hydrogen) atoms. The minimum absolute atomic E-state index is 0.419. The summed E-state index contributed by atoms with van der Waals surface area (Å²) in [5.41, 5.74) is 0.419. The van der Waals surface area contributed by atoms with Gasteiger partial charge in [-0.3, -0.25) is 4.90 Å². The predicted octanol–water partition coefficient (Wildman–Crippen LogP) is -0.358. The van der Waals surface area contributed by atoms with Crippen LogP contribution in [-0.2, 0) is 0 Å². The second-order valence-electron chi connectivity index (χ2n) is 4.38. The summed E-state index contributed by atoms with van der Waals surface area (Å²) in [4.78, 5) is 2.51. The molecule has 2 aliphatic rings. The molecule has 0 atom stereocenters. The summed E-state index contributed by atoms with van der Waals surface area (Å²) in [5.74, 6) is 0. The first-order chi connectivity index (χ1) is 5.72. The molecule has 0 saturated carbocycles. The molecule has 2 aliphatic heterocycles. The summed E-state index contributed by atoms with van der Waals surface area (Å²) < 4.78 is 0. The van der Waals surface area contributed by atoms with Crippen LogP contribution in [0.15, 0.2) is 0 Å². The van der Waals surface area contributed by atoms with Gasteiger partial charge in [0.1, 0.15) is 0 Å². The van der Waals surface area contributed by atoms with E-state index in [1.54, 1.807) is 0 Å². The first-order valence-corrected chi connectivity index (χ1v) is 4.92. The van der Waals surface area contributed by atoms with Gasteiger partial charge in [0.2, 0.25) is 0 Å². The van der Waals surface area contributed by atoms with Crippen molar-refractivity contribution < 1.29 is 0 Å². The highest BCUT2D eigenvalue weighted by Gasteiger charge is 2.43. The lowest BCUT2D eigenvalue weighted by molar-refractivity contribution is 0.00856. The van der Waals surface area contributed by atoms with Gasteiger partial charge in [-0.05, 0) is 13.8 Å². The second kappa shape index (κ2) is 2.98. The summed E-state index contributed by atoms with van der Waals surface area (Å²) in [7, 11) is 0. The molecular formula is C9H19N3. The molecule has 2 saturated heterocycles. The summed E-state index contributed by atoms with van der Waals surface area (Å²) in [6.07, 6.45) is 0. The smallest absolute Gasteiger partial charge is 0.0564 e. The summed E-state index contributed by atoms with van der Waals surface area (Å²) in [5, 5.41) is 7.06. The van der Waals surface area contributed by atoms with Gasteiger partial charge in [0.05, 0.1) is 5.54 Å². The summed E-state index contributed by atoms with van der Waals surface area (Å²) in [6.45, 7) is 10.4. The van der Waals surface area contributed by atoms with Crippen molar-refractivity contribution in [3.8, 4) is 0 Å². The average molecular weight is 169 g/mol. The molecule has 3 heteroatoms. The molecule has 2 heterocycles. The average Bonchev–Trinajstić information content (AvgIpc) is 2.01. The second-order valence-corrected chi connectivity index (χ2v) is 4.38. The van der Waals surface area contributed by atoms with Crippen molar-refractivity contribution in [2.75, 3.05) is 32.7 Å². The first-order valence-electron chi connectivity index (χ1n) is 4.92. The van der Waals surface area contributed by atoms with Crippen LogP contribution in [0.3, 0.4) is 0 Å². The third kappa shape index (κ3) is 1.37. The number of nitrogens with one attached hydrogen (secondary N) is 2.